The summed E-state index contributed by atoms with van der Waals surface area (Å²) in [5.41, 5.74) is 1.01. The van der Waals surface area contributed by atoms with Crippen LogP contribution in [0.2, 0.25) is 0 Å². The number of nitrogens with zero attached hydrogens (tertiary/aromatic N) is 4. The first-order valence-corrected chi connectivity index (χ1v) is 17.1. The SMILES string of the molecule is COc1cc2c(Oc3ccc(NC(=O)c4nn(-c5ccc(Br)cc5)c5ccccc5c4=O)cc3F)ccnc2cc1OCCCN1CCOCC1. The summed E-state index contributed by atoms with van der Waals surface area (Å²) in [6.07, 6.45) is 2.41. The minimum absolute atomic E-state index is 0.0793. The quantitative estimate of drug-likeness (QED) is 0.140. The Kier molecular flexibility index (Phi) is 10.2. The Morgan fingerprint density at radius 1 is 0.941 bits per heavy atom. The highest BCUT2D eigenvalue weighted by Gasteiger charge is 2.20. The molecule has 4 aromatic carbocycles. The van der Waals surface area contributed by atoms with Crippen LogP contribution in [0.15, 0.2) is 100 Å². The standard InChI is InChI=1S/C38H33BrFN5O6/c1-48-34-22-28-30(23-35(34)50-18-4-15-44-16-19-49-20-17-44)41-14-13-32(28)51-33-12-9-25(21-29(33)40)42-38(47)36-37(46)27-5-2-3-6-31(27)45(43-36)26-10-7-24(39)8-11-26/h2-3,5-14,21-23H,4,15-20H2,1H3,(H,42,47). The zero-order chi connectivity index (χ0) is 35.3. The lowest BCUT2D eigenvalue weighted by atomic mass is 10.1. The molecule has 0 aliphatic carbocycles. The molecule has 3 heterocycles. The van der Waals surface area contributed by atoms with Crippen LogP contribution in [0.3, 0.4) is 0 Å². The van der Waals surface area contributed by atoms with E-state index < -0.39 is 17.2 Å². The second-order valence-electron chi connectivity index (χ2n) is 11.8. The van der Waals surface area contributed by atoms with Gasteiger partial charge < -0.3 is 24.3 Å². The highest BCUT2D eigenvalue weighted by molar-refractivity contribution is 9.10. The summed E-state index contributed by atoms with van der Waals surface area (Å²) in [6, 6.07) is 23.3. The average molecular weight is 755 g/mol. The predicted molar refractivity (Wildman–Crippen MR) is 195 cm³/mol. The van der Waals surface area contributed by atoms with Gasteiger partial charge in [0.05, 0.1) is 49.0 Å². The number of fused-ring (bicyclic) bond motifs is 2. The van der Waals surface area contributed by atoms with Crippen molar-refractivity contribution < 1.29 is 28.1 Å². The molecule has 1 fully saturated rings. The van der Waals surface area contributed by atoms with Gasteiger partial charge in [0, 0.05) is 53.5 Å². The molecule has 7 rings (SSSR count). The highest BCUT2D eigenvalue weighted by atomic mass is 79.9. The lowest BCUT2D eigenvalue weighted by Crippen LogP contribution is -2.37. The molecule has 13 heteroatoms. The fraction of sp³-hybridized carbons (Fsp3) is 0.211. The van der Waals surface area contributed by atoms with Crippen molar-refractivity contribution in [2.45, 2.75) is 6.42 Å². The number of benzene rings is 4. The number of aromatic nitrogens is 3. The molecule has 0 radical (unpaired) electrons. The fourth-order valence-electron chi connectivity index (χ4n) is 5.86. The van der Waals surface area contributed by atoms with E-state index in [1.165, 1.54) is 16.8 Å². The highest BCUT2D eigenvalue weighted by Crippen LogP contribution is 2.38. The second-order valence-corrected chi connectivity index (χ2v) is 12.7. The van der Waals surface area contributed by atoms with Crippen LogP contribution >= 0.6 is 15.9 Å². The minimum atomic E-state index is -0.781. The Morgan fingerprint density at radius 3 is 2.53 bits per heavy atom. The van der Waals surface area contributed by atoms with Gasteiger partial charge in [0.1, 0.15) is 5.75 Å². The van der Waals surface area contributed by atoms with Crippen LogP contribution in [-0.4, -0.2) is 72.1 Å². The number of amides is 1. The molecule has 6 aromatic rings. The maximum Gasteiger partial charge on any atom is 0.280 e. The smallest absolute Gasteiger partial charge is 0.280 e. The lowest BCUT2D eigenvalue weighted by Gasteiger charge is -2.26. The Morgan fingerprint density at radius 2 is 1.75 bits per heavy atom. The van der Waals surface area contributed by atoms with Gasteiger partial charge in [0.2, 0.25) is 5.43 Å². The topological polar surface area (TPSA) is 117 Å². The number of morpholine rings is 1. The van der Waals surface area contributed by atoms with Crippen LogP contribution in [0, 0.1) is 5.82 Å². The fourth-order valence-corrected chi connectivity index (χ4v) is 6.12. The van der Waals surface area contributed by atoms with Gasteiger partial charge in [-0.2, -0.15) is 5.10 Å². The number of carbonyl (C=O) groups is 1. The molecule has 1 saturated heterocycles. The maximum absolute atomic E-state index is 15.5. The molecule has 0 spiro atoms. The van der Waals surface area contributed by atoms with Crippen molar-refractivity contribution in [2.75, 3.05) is 51.9 Å². The average Bonchev–Trinajstić information content (AvgIpc) is 3.15. The van der Waals surface area contributed by atoms with Gasteiger partial charge in [-0.05, 0) is 67.1 Å². The maximum atomic E-state index is 15.5. The molecule has 0 saturated carbocycles. The summed E-state index contributed by atoms with van der Waals surface area (Å²) in [5.74, 6) is -0.204. The number of methoxy groups -OCH3 is 1. The summed E-state index contributed by atoms with van der Waals surface area (Å²) in [5, 5.41) is 7.93. The van der Waals surface area contributed by atoms with Crippen molar-refractivity contribution in [3.63, 3.8) is 0 Å². The third kappa shape index (κ3) is 7.55. The van der Waals surface area contributed by atoms with E-state index in [2.05, 4.69) is 36.2 Å². The molecule has 1 N–H and O–H groups in total. The molecule has 1 aliphatic rings. The summed E-state index contributed by atoms with van der Waals surface area (Å²) in [6.45, 7) is 4.76. The zero-order valence-electron chi connectivity index (χ0n) is 27.6. The van der Waals surface area contributed by atoms with Gasteiger partial charge in [0.25, 0.3) is 5.91 Å². The molecule has 0 atom stereocenters. The van der Waals surface area contributed by atoms with Crippen molar-refractivity contribution in [3.8, 4) is 28.7 Å². The van der Waals surface area contributed by atoms with E-state index in [1.54, 1.807) is 55.8 Å². The molecule has 11 nitrogen and oxygen atoms in total. The Labute approximate surface area is 300 Å². The van der Waals surface area contributed by atoms with Crippen molar-refractivity contribution in [1.29, 1.82) is 0 Å². The van der Waals surface area contributed by atoms with Crippen LogP contribution in [0.1, 0.15) is 16.9 Å². The largest absolute Gasteiger partial charge is 0.493 e. The number of carbonyl (C=O) groups excluding carboxylic acids is 1. The monoisotopic (exact) mass is 753 g/mol. The number of pyridine rings is 1. The number of nitrogens with one attached hydrogen (secondary N) is 1. The van der Waals surface area contributed by atoms with E-state index in [0.717, 1.165) is 49.8 Å². The molecule has 1 aliphatic heterocycles. The first-order chi connectivity index (χ1) is 24.9. The number of ether oxygens (including phenoxy) is 4. The number of hydrogen-bond acceptors (Lipinski definition) is 9. The van der Waals surface area contributed by atoms with Gasteiger partial charge in [0.15, 0.2) is 28.8 Å². The molecule has 1 amide bonds. The summed E-state index contributed by atoms with van der Waals surface area (Å²) in [7, 11) is 1.55. The third-order valence-corrected chi connectivity index (χ3v) is 8.98. The molecule has 0 unspecified atom stereocenters. The van der Waals surface area contributed by atoms with Gasteiger partial charge in [-0.15, -0.1) is 0 Å². The van der Waals surface area contributed by atoms with Gasteiger partial charge in [-0.1, -0.05) is 28.1 Å². The number of rotatable bonds is 11. The molecular formula is C38H33BrFN5O6. The van der Waals surface area contributed by atoms with Crippen molar-refractivity contribution >= 4 is 49.3 Å². The summed E-state index contributed by atoms with van der Waals surface area (Å²) >= 11 is 3.42. The Hall–Kier alpha value is -5.37. The second kappa shape index (κ2) is 15.3. The predicted octanol–water partition coefficient (Wildman–Crippen LogP) is 6.99. The molecular weight excluding hydrogens is 721 g/mol. The molecule has 2 aromatic heterocycles. The van der Waals surface area contributed by atoms with Crippen molar-refractivity contribution in [3.05, 3.63) is 117 Å². The zero-order valence-corrected chi connectivity index (χ0v) is 29.2. The van der Waals surface area contributed by atoms with Crippen LogP contribution in [0.5, 0.6) is 23.0 Å². The first kappa shape index (κ1) is 34.1. The Balaban J connectivity index is 1.08. The van der Waals surface area contributed by atoms with E-state index in [4.69, 9.17) is 18.9 Å². The van der Waals surface area contributed by atoms with Crippen LogP contribution in [0.25, 0.3) is 27.5 Å². The Bertz CT molecular complexity index is 2280. The van der Waals surface area contributed by atoms with Crippen molar-refractivity contribution in [1.82, 2.24) is 19.7 Å². The van der Waals surface area contributed by atoms with Crippen LogP contribution in [0.4, 0.5) is 10.1 Å². The normalized spacial score (nSPS) is 13.3. The van der Waals surface area contributed by atoms with E-state index in [9.17, 15) is 9.59 Å². The summed E-state index contributed by atoms with van der Waals surface area (Å²) in [4.78, 5) is 33.6. The molecule has 0 bridgehead atoms. The number of para-hydroxylation sites is 1. The number of halogens is 2. The van der Waals surface area contributed by atoms with E-state index >= 15 is 4.39 Å². The molecule has 51 heavy (non-hydrogen) atoms. The first-order valence-electron chi connectivity index (χ1n) is 16.3. The van der Waals surface area contributed by atoms with Gasteiger partial charge in [-0.25, -0.2) is 9.07 Å². The van der Waals surface area contributed by atoms with E-state index in [0.29, 0.717) is 51.3 Å². The van der Waals surface area contributed by atoms with E-state index in [1.807, 2.05) is 24.3 Å². The van der Waals surface area contributed by atoms with Gasteiger partial charge >= 0.3 is 0 Å². The third-order valence-electron chi connectivity index (χ3n) is 8.45. The lowest BCUT2D eigenvalue weighted by molar-refractivity contribution is 0.0357. The van der Waals surface area contributed by atoms with Crippen LogP contribution < -0.4 is 25.0 Å². The van der Waals surface area contributed by atoms with Crippen LogP contribution in [-0.2, 0) is 4.74 Å². The van der Waals surface area contributed by atoms with Gasteiger partial charge in [-0.3, -0.25) is 19.5 Å². The summed E-state index contributed by atoms with van der Waals surface area (Å²) < 4.78 is 41.0. The van der Waals surface area contributed by atoms with E-state index in [-0.39, 0.29) is 17.1 Å². The molecule has 260 valence electrons. The van der Waals surface area contributed by atoms with Crippen molar-refractivity contribution in [2.24, 2.45) is 0 Å². The number of anilines is 1. The minimum Gasteiger partial charge on any atom is -0.493 e. The number of hydrogen-bond donors (Lipinski definition) is 1.